The third-order valence-corrected chi connectivity index (χ3v) is 4.37. The smallest absolute Gasteiger partial charge is 0.264 e. The van der Waals surface area contributed by atoms with Gasteiger partial charge in [0.15, 0.2) is 5.13 Å². The maximum atomic E-state index is 12.2. The molecule has 0 aliphatic carbocycles. The van der Waals surface area contributed by atoms with Crippen LogP contribution in [0.1, 0.15) is 5.56 Å². The van der Waals surface area contributed by atoms with E-state index in [0.717, 1.165) is 0 Å². The van der Waals surface area contributed by atoms with Crippen LogP contribution in [0.4, 0.5) is 5.13 Å². The second-order valence-electron chi connectivity index (χ2n) is 3.44. The molecule has 1 aromatic heterocycles. The number of sulfonamides is 1. The molecule has 0 saturated heterocycles. The zero-order valence-electron chi connectivity index (χ0n) is 9.83. The molecule has 3 N–H and O–H groups in total. The third-order valence-electron chi connectivity index (χ3n) is 2.16. The van der Waals surface area contributed by atoms with Crippen molar-refractivity contribution in [1.82, 2.24) is 4.98 Å². The van der Waals surface area contributed by atoms with Crippen molar-refractivity contribution in [1.29, 1.82) is 0 Å². The highest BCUT2D eigenvalue weighted by molar-refractivity contribution is 7.93. The highest BCUT2D eigenvalue weighted by atomic mass is 32.2. The molecule has 0 saturated carbocycles. The molecule has 0 radical (unpaired) electrons. The lowest BCUT2D eigenvalue weighted by atomic mass is 10.2. The maximum Gasteiger partial charge on any atom is 0.264 e. The van der Waals surface area contributed by atoms with E-state index in [1.54, 1.807) is 23.6 Å². The molecule has 2 rings (SSSR count). The molecule has 0 unspecified atom stereocenters. The van der Waals surface area contributed by atoms with E-state index in [-0.39, 0.29) is 11.4 Å². The Labute approximate surface area is 115 Å². The monoisotopic (exact) mass is 293 g/mol. The molecular weight excluding hydrogens is 282 g/mol. The Morgan fingerprint density at radius 2 is 2.16 bits per heavy atom. The van der Waals surface area contributed by atoms with Gasteiger partial charge in [-0.15, -0.1) is 11.3 Å². The van der Waals surface area contributed by atoms with E-state index >= 15 is 0 Å². The number of nitrogens with two attached hydrogens (primary N) is 1. The van der Waals surface area contributed by atoms with Gasteiger partial charge in [0.1, 0.15) is 4.90 Å². The van der Waals surface area contributed by atoms with Crippen LogP contribution in [-0.4, -0.2) is 19.9 Å². The normalized spacial score (nSPS) is 10.6. The molecule has 98 valence electrons. The van der Waals surface area contributed by atoms with Gasteiger partial charge in [-0.3, -0.25) is 4.72 Å². The van der Waals surface area contributed by atoms with Gasteiger partial charge in [0.05, 0.1) is 6.54 Å². The number of thiazole rings is 1. The topological polar surface area (TPSA) is 85.1 Å². The molecule has 5 nitrogen and oxygen atoms in total. The molecule has 0 fully saturated rings. The van der Waals surface area contributed by atoms with Crippen LogP contribution in [0.2, 0.25) is 0 Å². The van der Waals surface area contributed by atoms with Gasteiger partial charge in [0, 0.05) is 17.1 Å². The van der Waals surface area contributed by atoms with E-state index in [0.29, 0.717) is 10.7 Å². The minimum absolute atomic E-state index is 0.117. The minimum atomic E-state index is -3.69. The predicted octanol–water partition coefficient (Wildman–Crippen LogP) is 1.25. The molecule has 1 heterocycles. The van der Waals surface area contributed by atoms with Crippen LogP contribution in [0.25, 0.3) is 0 Å². The van der Waals surface area contributed by atoms with Crippen molar-refractivity contribution in [3.63, 3.8) is 0 Å². The van der Waals surface area contributed by atoms with E-state index in [1.807, 2.05) is 0 Å². The highest BCUT2D eigenvalue weighted by Gasteiger charge is 2.18. The fraction of sp³-hybridized carbons (Fsp3) is 0.0833. The average molecular weight is 293 g/mol. The Kier molecular flexibility index (Phi) is 4.16. The van der Waals surface area contributed by atoms with Crippen molar-refractivity contribution in [2.45, 2.75) is 4.90 Å². The summed E-state index contributed by atoms with van der Waals surface area (Å²) in [6.45, 7) is 0.175. The Hall–Kier alpha value is -1.88. The van der Waals surface area contributed by atoms with E-state index in [1.165, 1.54) is 23.6 Å². The van der Waals surface area contributed by atoms with Crippen molar-refractivity contribution in [2.24, 2.45) is 5.73 Å². The summed E-state index contributed by atoms with van der Waals surface area (Å²) in [6, 6.07) is 6.50. The summed E-state index contributed by atoms with van der Waals surface area (Å²) >= 11 is 1.21. The minimum Gasteiger partial charge on any atom is -0.320 e. The number of rotatable bonds is 3. The molecule has 0 atom stereocenters. The quantitative estimate of drug-likeness (QED) is 0.834. The lowest BCUT2D eigenvalue weighted by Crippen LogP contribution is -2.14. The fourth-order valence-electron chi connectivity index (χ4n) is 1.39. The first-order valence-electron chi connectivity index (χ1n) is 5.34. The number of nitrogens with one attached hydrogen (secondary N) is 1. The SMILES string of the molecule is NCC#Cc1ccccc1S(=O)(=O)Nc1nccs1. The van der Waals surface area contributed by atoms with Crippen molar-refractivity contribution in [3.05, 3.63) is 41.4 Å². The Balaban J connectivity index is 2.40. The number of hydrogen-bond donors (Lipinski definition) is 2. The lowest BCUT2D eigenvalue weighted by Gasteiger charge is -2.06. The van der Waals surface area contributed by atoms with Gasteiger partial charge in [-0.1, -0.05) is 24.0 Å². The summed E-state index contributed by atoms with van der Waals surface area (Å²) in [5.74, 6) is 5.40. The molecule has 7 heteroatoms. The van der Waals surface area contributed by atoms with Gasteiger partial charge in [0.25, 0.3) is 10.0 Å². The van der Waals surface area contributed by atoms with Crippen LogP contribution in [0, 0.1) is 11.8 Å². The largest absolute Gasteiger partial charge is 0.320 e. The number of aromatic nitrogens is 1. The summed E-state index contributed by atoms with van der Waals surface area (Å²) < 4.78 is 26.9. The number of nitrogens with zero attached hydrogens (tertiary/aromatic N) is 1. The summed E-state index contributed by atoms with van der Waals surface area (Å²) in [6.07, 6.45) is 1.53. The van der Waals surface area contributed by atoms with Crippen LogP contribution in [0.5, 0.6) is 0 Å². The molecule has 2 aromatic rings. The highest BCUT2D eigenvalue weighted by Crippen LogP contribution is 2.20. The first kappa shape index (κ1) is 13.5. The first-order chi connectivity index (χ1) is 9.13. The Morgan fingerprint density at radius 3 is 2.84 bits per heavy atom. The van der Waals surface area contributed by atoms with Crippen LogP contribution >= 0.6 is 11.3 Å². The number of anilines is 1. The predicted molar refractivity (Wildman–Crippen MR) is 75.3 cm³/mol. The van der Waals surface area contributed by atoms with Crippen LogP contribution < -0.4 is 10.5 Å². The fourth-order valence-corrected chi connectivity index (χ4v) is 3.35. The first-order valence-corrected chi connectivity index (χ1v) is 7.70. The zero-order valence-corrected chi connectivity index (χ0v) is 11.5. The van der Waals surface area contributed by atoms with Crippen LogP contribution in [0.15, 0.2) is 40.7 Å². The zero-order chi connectivity index (χ0) is 13.7. The van der Waals surface area contributed by atoms with Gasteiger partial charge in [-0.25, -0.2) is 13.4 Å². The molecule has 1 aromatic carbocycles. The van der Waals surface area contributed by atoms with Crippen LogP contribution in [-0.2, 0) is 10.0 Å². The van der Waals surface area contributed by atoms with Gasteiger partial charge in [-0.05, 0) is 12.1 Å². The summed E-state index contributed by atoms with van der Waals surface area (Å²) in [5, 5.41) is 2.01. The van der Waals surface area contributed by atoms with Gasteiger partial charge in [0.2, 0.25) is 0 Å². The van der Waals surface area contributed by atoms with Gasteiger partial charge in [-0.2, -0.15) is 0 Å². The lowest BCUT2D eigenvalue weighted by molar-refractivity contribution is 0.601. The number of hydrogen-bond acceptors (Lipinski definition) is 5. The van der Waals surface area contributed by atoms with E-state index in [2.05, 4.69) is 21.5 Å². The second-order valence-corrected chi connectivity index (χ2v) is 5.99. The van der Waals surface area contributed by atoms with Crippen LogP contribution in [0.3, 0.4) is 0 Å². The standard InChI is InChI=1S/C12H11N3O2S2/c13-7-3-5-10-4-1-2-6-11(10)19(16,17)15-12-14-8-9-18-12/h1-2,4,6,8-9H,7,13H2,(H,14,15). The van der Waals surface area contributed by atoms with Crippen molar-refractivity contribution in [2.75, 3.05) is 11.3 Å². The van der Waals surface area contributed by atoms with Crippen molar-refractivity contribution in [3.8, 4) is 11.8 Å². The van der Waals surface area contributed by atoms with Crippen molar-refractivity contribution < 1.29 is 8.42 Å². The molecule has 0 bridgehead atoms. The Morgan fingerprint density at radius 1 is 1.37 bits per heavy atom. The third kappa shape index (κ3) is 3.32. The van der Waals surface area contributed by atoms with Crippen molar-refractivity contribution >= 4 is 26.5 Å². The Bertz CT molecular complexity index is 713. The van der Waals surface area contributed by atoms with E-state index in [4.69, 9.17) is 5.73 Å². The summed E-state index contributed by atoms with van der Waals surface area (Å²) in [7, 11) is -3.69. The molecule has 0 aliphatic heterocycles. The summed E-state index contributed by atoms with van der Waals surface area (Å²) in [5.41, 5.74) is 5.71. The maximum absolute atomic E-state index is 12.2. The molecule has 19 heavy (non-hydrogen) atoms. The second kappa shape index (κ2) is 5.84. The van der Waals surface area contributed by atoms with Gasteiger partial charge < -0.3 is 5.73 Å². The number of benzene rings is 1. The molecular formula is C12H11N3O2S2. The molecule has 0 amide bonds. The van der Waals surface area contributed by atoms with E-state index < -0.39 is 10.0 Å². The molecule has 0 aliphatic rings. The van der Waals surface area contributed by atoms with Gasteiger partial charge >= 0.3 is 0 Å². The molecule has 0 spiro atoms. The summed E-state index contributed by atoms with van der Waals surface area (Å²) in [4.78, 5) is 4.01. The average Bonchev–Trinajstić information content (AvgIpc) is 2.88. The van der Waals surface area contributed by atoms with E-state index in [9.17, 15) is 8.42 Å².